The quantitative estimate of drug-likeness (QED) is 0.833. The number of hydrogen-bond donors (Lipinski definition) is 0. The van der Waals surface area contributed by atoms with Crippen LogP contribution in [0.1, 0.15) is 12.2 Å². The Hall–Kier alpha value is -2.19. The van der Waals surface area contributed by atoms with Crippen molar-refractivity contribution in [2.45, 2.75) is 24.3 Å². The normalized spacial score (nSPS) is 18.9. The number of hydrogen-bond acceptors (Lipinski definition) is 6. The van der Waals surface area contributed by atoms with Gasteiger partial charge in [0.05, 0.1) is 12.6 Å². The highest BCUT2D eigenvalue weighted by Gasteiger charge is 2.33. The van der Waals surface area contributed by atoms with Gasteiger partial charge in [0.25, 0.3) is 0 Å². The fourth-order valence-corrected chi connectivity index (χ4v) is 3.95. The van der Waals surface area contributed by atoms with Crippen LogP contribution in [0.3, 0.4) is 0 Å². The Kier molecular flexibility index (Phi) is 4.18. The third kappa shape index (κ3) is 3.43. The number of pyridine rings is 1. The van der Waals surface area contributed by atoms with Crippen LogP contribution in [0.2, 0.25) is 0 Å². The van der Waals surface area contributed by atoms with Crippen LogP contribution < -0.4 is 10.4 Å². The van der Waals surface area contributed by atoms with Crippen LogP contribution in [-0.2, 0) is 10.0 Å². The summed E-state index contributed by atoms with van der Waals surface area (Å²) < 4.78 is 37.0. The highest BCUT2D eigenvalue weighted by atomic mass is 32.2. The first-order valence-electron chi connectivity index (χ1n) is 7.14. The molecule has 1 atom stereocenters. The van der Waals surface area contributed by atoms with Crippen molar-refractivity contribution in [3.63, 3.8) is 0 Å². The van der Waals surface area contributed by atoms with Gasteiger partial charge in [-0.05, 0) is 25.5 Å². The number of sulfonamides is 1. The first-order valence-corrected chi connectivity index (χ1v) is 8.58. The summed E-state index contributed by atoms with van der Waals surface area (Å²) >= 11 is 0. The van der Waals surface area contributed by atoms with E-state index in [1.165, 1.54) is 28.8 Å². The molecule has 2 aromatic rings. The van der Waals surface area contributed by atoms with Gasteiger partial charge in [0.1, 0.15) is 22.5 Å². The van der Waals surface area contributed by atoms with E-state index in [2.05, 4.69) is 4.98 Å². The van der Waals surface area contributed by atoms with Gasteiger partial charge < -0.3 is 9.15 Å². The van der Waals surface area contributed by atoms with Crippen molar-refractivity contribution >= 4 is 10.0 Å². The molecule has 0 saturated carbocycles. The molecule has 0 radical (unpaired) electrons. The molecule has 0 amide bonds. The molecule has 0 aliphatic carbocycles. The molecule has 0 aromatic carbocycles. The minimum Gasteiger partial charge on any atom is -0.489 e. The number of ether oxygens (including phenoxy) is 1. The fraction of sp³-hybridized carbons (Fsp3) is 0.333. The molecule has 3 heterocycles. The lowest BCUT2D eigenvalue weighted by atomic mass is 10.3. The molecule has 0 spiro atoms. The monoisotopic (exact) mass is 336 g/mol. The lowest BCUT2D eigenvalue weighted by Gasteiger charge is -2.17. The average molecular weight is 336 g/mol. The van der Waals surface area contributed by atoms with Crippen molar-refractivity contribution < 1.29 is 17.6 Å². The molecular formula is C15H16N2O5S. The SMILES string of the molecule is Cc1cc(O[C@H]2CCN(S(=O)(=O)c3cccnc3)C2)cc(=O)o1. The largest absolute Gasteiger partial charge is 0.489 e. The zero-order valence-electron chi connectivity index (χ0n) is 12.5. The topological polar surface area (TPSA) is 89.7 Å². The molecule has 0 bridgehead atoms. The van der Waals surface area contributed by atoms with Crippen molar-refractivity contribution in [3.8, 4) is 5.75 Å². The molecule has 0 N–H and O–H groups in total. The summed E-state index contributed by atoms with van der Waals surface area (Å²) in [6.07, 6.45) is 3.11. The van der Waals surface area contributed by atoms with Gasteiger partial charge in [-0.2, -0.15) is 4.31 Å². The first-order chi connectivity index (χ1) is 10.9. The number of nitrogens with zero attached hydrogens (tertiary/aromatic N) is 2. The van der Waals surface area contributed by atoms with Gasteiger partial charge in [-0.3, -0.25) is 4.98 Å². The fourth-order valence-electron chi connectivity index (χ4n) is 2.50. The van der Waals surface area contributed by atoms with E-state index < -0.39 is 15.6 Å². The third-order valence-electron chi connectivity index (χ3n) is 3.55. The smallest absolute Gasteiger partial charge is 0.339 e. The van der Waals surface area contributed by atoms with Crippen LogP contribution in [0, 0.1) is 6.92 Å². The van der Waals surface area contributed by atoms with E-state index in [9.17, 15) is 13.2 Å². The zero-order chi connectivity index (χ0) is 16.4. The van der Waals surface area contributed by atoms with Crippen molar-refractivity contribution in [2.75, 3.05) is 13.1 Å². The number of aromatic nitrogens is 1. The van der Waals surface area contributed by atoms with Gasteiger partial charge in [-0.25, -0.2) is 13.2 Å². The molecule has 8 heteroatoms. The Morgan fingerprint density at radius 1 is 1.39 bits per heavy atom. The molecule has 2 aromatic heterocycles. The van der Waals surface area contributed by atoms with Crippen LogP contribution in [0.4, 0.5) is 0 Å². The van der Waals surface area contributed by atoms with Crippen LogP contribution in [0.15, 0.2) is 50.8 Å². The van der Waals surface area contributed by atoms with Crippen molar-refractivity contribution in [2.24, 2.45) is 0 Å². The maximum absolute atomic E-state index is 12.5. The van der Waals surface area contributed by atoms with Gasteiger partial charge in [-0.15, -0.1) is 0 Å². The van der Waals surface area contributed by atoms with Crippen LogP contribution in [0.25, 0.3) is 0 Å². The average Bonchev–Trinajstić information content (AvgIpc) is 2.96. The standard InChI is InChI=1S/C15H16N2O5S/c1-11-7-13(8-15(18)21-11)22-12-4-6-17(10-12)23(19,20)14-3-2-5-16-9-14/h2-3,5,7-9,12H,4,6,10H2,1H3/t12-/m0/s1. The van der Waals surface area contributed by atoms with Crippen LogP contribution >= 0.6 is 0 Å². The summed E-state index contributed by atoms with van der Waals surface area (Å²) in [5.41, 5.74) is -0.488. The van der Waals surface area contributed by atoms with E-state index in [-0.39, 0.29) is 17.5 Å². The zero-order valence-corrected chi connectivity index (χ0v) is 13.3. The second-order valence-corrected chi connectivity index (χ2v) is 7.24. The predicted octanol–water partition coefficient (Wildman–Crippen LogP) is 1.19. The Morgan fingerprint density at radius 3 is 2.91 bits per heavy atom. The van der Waals surface area contributed by atoms with Gasteiger partial charge in [0.15, 0.2) is 0 Å². The highest BCUT2D eigenvalue weighted by Crippen LogP contribution is 2.23. The Balaban J connectivity index is 1.72. The van der Waals surface area contributed by atoms with Crippen molar-refractivity contribution in [1.29, 1.82) is 0 Å². The van der Waals surface area contributed by atoms with Crippen molar-refractivity contribution in [3.05, 3.63) is 52.8 Å². The molecule has 1 saturated heterocycles. The summed E-state index contributed by atoms with van der Waals surface area (Å²) in [5.74, 6) is 0.842. The molecule has 3 rings (SSSR count). The van der Waals surface area contributed by atoms with E-state index in [4.69, 9.17) is 9.15 Å². The Labute approximate surface area is 133 Å². The van der Waals surface area contributed by atoms with E-state index in [0.717, 1.165) is 0 Å². The second-order valence-electron chi connectivity index (χ2n) is 5.30. The van der Waals surface area contributed by atoms with Crippen LogP contribution in [-0.4, -0.2) is 36.9 Å². The Morgan fingerprint density at radius 2 is 2.22 bits per heavy atom. The molecule has 0 unspecified atom stereocenters. The van der Waals surface area contributed by atoms with E-state index in [0.29, 0.717) is 24.5 Å². The summed E-state index contributed by atoms with van der Waals surface area (Å²) in [6.45, 7) is 2.25. The summed E-state index contributed by atoms with van der Waals surface area (Å²) in [5, 5.41) is 0. The number of rotatable bonds is 4. The highest BCUT2D eigenvalue weighted by molar-refractivity contribution is 7.89. The molecule has 122 valence electrons. The van der Waals surface area contributed by atoms with Gasteiger partial charge in [-0.1, -0.05) is 0 Å². The Bertz CT molecular complexity index is 848. The van der Waals surface area contributed by atoms with E-state index in [1.54, 1.807) is 19.1 Å². The summed E-state index contributed by atoms with van der Waals surface area (Å²) in [6, 6.07) is 5.97. The van der Waals surface area contributed by atoms with E-state index >= 15 is 0 Å². The van der Waals surface area contributed by atoms with E-state index in [1.807, 2.05) is 0 Å². The predicted molar refractivity (Wildman–Crippen MR) is 81.7 cm³/mol. The minimum absolute atomic E-state index is 0.164. The number of aryl methyl sites for hydroxylation is 1. The first kappa shape index (κ1) is 15.7. The van der Waals surface area contributed by atoms with Gasteiger partial charge in [0.2, 0.25) is 10.0 Å². The summed E-state index contributed by atoms with van der Waals surface area (Å²) in [4.78, 5) is 15.3. The molecule has 1 fully saturated rings. The second kappa shape index (κ2) is 6.13. The van der Waals surface area contributed by atoms with Gasteiger partial charge in [0, 0.05) is 25.0 Å². The van der Waals surface area contributed by atoms with Crippen molar-refractivity contribution in [1.82, 2.24) is 9.29 Å². The molecule has 1 aliphatic rings. The lowest BCUT2D eigenvalue weighted by molar-refractivity contribution is 0.213. The van der Waals surface area contributed by atoms with Crippen LogP contribution in [0.5, 0.6) is 5.75 Å². The maximum Gasteiger partial charge on any atom is 0.339 e. The molecular weight excluding hydrogens is 320 g/mol. The summed E-state index contributed by atoms with van der Waals surface area (Å²) in [7, 11) is -3.57. The third-order valence-corrected chi connectivity index (χ3v) is 5.40. The molecule has 23 heavy (non-hydrogen) atoms. The molecule has 1 aliphatic heterocycles. The maximum atomic E-state index is 12.5. The molecule has 7 nitrogen and oxygen atoms in total. The minimum atomic E-state index is -3.57. The lowest BCUT2D eigenvalue weighted by Crippen LogP contribution is -2.31. The van der Waals surface area contributed by atoms with Gasteiger partial charge >= 0.3 is 5.63 Å².